The summed E-state index contributed by atoms with van der Waals surface area (Å²) in [4.78, 5) is 46.9. The predicted octanol–water partition coefficient (Wildman–Crippen LogP) is 3.75. The molecular formula is C21H21ClN2O5. The fraction of sp³-hybridized carbons (Fsp3) is 0.238. The third-order valence-electron chi connectivity index (χ3n) is 3.93. The molecule has 0 spiro atoms. The van der Waals surface area contributed by atoms with Crippen LogP contribution in [0.15, 0.2) is 42.5 Å². The molecule has 0 aromatic heterocycles. The Morgan fingerprint density at radius 3 is 2.31 bits per heavy atom. The lowest BCUT2D eigenvalue weighted by Gasteiger charge is -2.08. The quantitative estimate of drug-likeness (QED) is 0.504. The molecule has 0 bridgehead atoms. The van der Waals surface area contributed by atoms with Crippen LogP contribution >= 0.6 is 11.6 Å². The second kappa shape index (κ2) is 10.4. The average Bonchev–Trinajstić information content (AvgIpc) is 2.68. The smallest absolute Gasteiger partial charge is 0.306 e. The highest BCUT2D eigenvalue weighted by Crippen LogP contribution is 2.20. The highest BCUT2D eigenvalue weighted by molar-refractivity contribution is 6.31. The van der Waals surface area contributed by atoms with E-state index in [1.807, 2.05) is 6.92 Å². The van der Waals surface area contributed by atoms with E-state index in [9.17, 15) is 19.2 Å². The molecule has 29 heavy (non-hydrogen) atoms. The molecule has 2 N–H and O–H groups in total. The van der Waals surface area contributed by atoms with Gasteiger partial charge in [-0.3, -0.25) is 19.2 Å². The number of halogens is 1. The molecule has 8 heteroatoms. The van der Waals surface area contributed by atoms with Gasteiger partial charge in [-0.25, -0.2) is 0 Å². The van der Waals surface area contributed by atoms with Crippen LogP contribution in [0.3, 0.4) is 0 Å². The van der Waals surface area contributed by atoms with Crippen molar-refractivity contribution in [2.75, 3.05) is 17.2 Å². The summed E-state index contributed by atoms with van der Waals surface area (Å²) in [6.07, 6.45) is -0.259. The topological polar surface area (TPSA) is 102 Å². The Balaban J connectivity index is 1.72. The molecule has 0 aliphatic carbocycles. The summed E-state index contributed by atoms with van der Waals surface area (Å²) in [5, 5.41) is 5.71. The number of amides is 2. The highest BCUT2D eigenvalue weighted by atomic mass is 35.5. The van der Waals surface area contributed by atoms with Crippen molar-refractivity contribution in [1.82, 2.24) is 0 Å². The Kier molecular flexibility index (Phi) is 7.91. The second-order valence-electron chi connectivity index (χ2n) is 6.36. The molecule has 152 valence electrons. The minimum absolute atomic E-state index is 0.0907. The molecule has 0 atom stereocenters. The Morgan fingerprint density at radius 2 is 1.62 bits per heavy atom. The van der Waals surface area contributed by atoms with Gasteiger partial charge in [-0.15, -0.1) is 0 Å². The molecule has 0 aliphatic heterocycles. The summed E-state index contributed by atoms with van der Waals surface area (Å²) in [6.45, 7) is 2.78. The first-order valence-electron chi connectivity index (χ1n) is 8.87. The number of hydrogen-bond donors (Lipinski definition) is 2. The largest absolute Gasteiger partial charge is 0.456 e. The van der Waals surface area contributed by atoms with Crippen LogP contribution in [0.4, 0.5) is 11.4 Å². The normalized spacial score (nSPS) is 10.2. The molecule has 2 aromatic rings. The van der Waals surface area contributed by atoms with Crippen LogP contribution in [-0.4, -0.2) is 30.2 Å². The van der Waals surface area contributed by atoms with E-state index in [0.717, 1.165) is 5.56 Å². The van der Waals surface area contributed by atoms with E-state index >= 15 is 0 Å². The van der Waals surface area contributed by atoms with E-state index in [-0.39, 0.29) is 24.5 Å². The van der Waals surface area contributed by atoms with Gasteiger partial charge in [0.25, 0.3) is 5.91 Å². The van der Waals surface area contributed by atoms with E-state index in [1.165, 1.54) is 13.0 Å². The third kappa shape index (κ3) is 7.38. The summed E-state index contributed by atoms with van der Waals surface area (Å²) in [7, 11) is 0. The van der Waals surface area contributed by atoms with E-state index < -0.39 is 18.5 Å². The lowest BCUT2D eigenvalue weighted by molar-refractivity contribution is -0.147. The van der Waals surface area contributed by atoms with Crippen molar-refractivity contribution in [3.8, 4) is 0 Å². The number of hydrogen-bond acceptors (Lipinski definition) is 5. The Morgan fingerprint density at radius 1 is 0.931 bits per heavy atom. The number of ketones is 1. The van der Waals surface area contributed by atoms with E-state index in [2.05, 4.69) is 10.6 Å². The fourth-order valence-corrected chi connectivity index (χ4v) is 2.52. The van der Waals surface area contributed by atoms with Crippen LogP contribution in [0.25, 0.3) is 0 Å². The molecule has 2 aromatic carbocycles. The Hall–Kier alpha value is -3.19. The average molecular weight is 417 g/mol. The number of carbonyl (C=O) groups is 4. The molecular weight excluding hydrogens is 396 g/mol. The lowest BCUT2D eigenvalue weighted by atomic mass is 10.1. The molecule has 0 aliphatic rings. The lowest BCUT2D eigenvalue weighted by Crippen LogP contribution is -2.22. The van der Waals surface area contributed by atoms with E-state index in [1.54, 1.807) is 36.4 Å². The maximum atomic E-state index is 11.9. The van der Waals surface area contributed by atoms with Crippen LogP contribution in [-0.2, 0) is 19.1 Å². The van der Waals surface area contributed by atoms with Crippen molar-refractivity contribution >= 4 is 46.5 Å². The van der Waals surface area contributed by atoms with Crippen molar-refractivity contribution in [3.63, 3.8) is 0 Å². The third-order valence-corrected chi connectivity index (χ3v) is 4.34. The summed E-state index contributed by atoms with van der Waals surface area (Å²) >= 11 is 6.00. The highest BCUT2D eigenvalue weighted by Gasteiger charge is 2.12. The van der Waals surface area contributed by atoms with Crippen LogP contribution < -0.4 is 10.6 Å². The molecule has 0 saturated carbocycles. The van der Waals surface area contributed by atoms with Gasteiger partial charge in [-0.05, 0) is 43.7 Å². The van der Waals surface area contributed by atoms with Crippen molar-refractivity contribution in [2.24, 2.45) is 0 Å². The van der Waals surface area contributed by atoms with Gasteiger partial charge in [0.15, 0.2) is 12.4 Å². The van der Waals surface area contributed by atoms with Gasteiger partial charge in [0.1, 0.15) is 0 Å². The van der Waals surface area contributed by atoms with Gasteiger partial charge in [-0.2, -0.15) is 0 Å². The predicted molar refractivity (Wildman–Crippen MR) is 110 cm³/mol. The van der Waals surface area contributed by atoms with Gasteiger partial charge < -0.3 is 15.4 Å². The zero-order valence-corrected chi connectivity index (χ0v) is 16.8. The van der Waals surface area contributed by atoms with Gasteiger partial charge in [-0.1, -0.05) is 29.8 Å². The summed E-state index contributed by atoms with van der Waals surface area (Å²) in [6, 6.07) is 11.5. The number of anilines is 2. The number of carbonyl (C=O) groups excluding carboxylic acids is 4. The maximum absolute atomic E-state index is 11.9. The van der Waals surface area contributed by atoms with Gasteiger partial charge in [0, 0.05) is 28.4 Å². The van der Waals surface area contributed by atoms with Gasteiger partial charge >= 0.3 is 5.97 Å². The number of Topliss-reactive ketones (excluding diaryl/α,β-unsaturated/α-hetero) is 1. The van der Waals surface area contributed by atoms with Gasteiger partial charge in [0.05, 0.1) is 6.42 Å². The van der Waals surface area contributed by atoms with Crippen LogP contribution in [0.2, 0.25) is 5.02 Å². The second-order valence-corrected chi connectivity index (χ2v) is 6.77. The van der Waals surface area contributed by atoms with Crippen molar-refractivity contribution in [3.05, 3.63) is 58.6 Å². The molecule has 2 amide bonds. The van der Waals surface area contributed by atoms with Crippen molar-refractivity contribution < 1.29 is 23.9 Å². The molecule has 0 fully saturated rings. The number of benzene rings is 2. The van der Waals surface area contributed by atoms with E-state index in [4.69, 9.17) is 16.3 Å². The minimum atomic E-state index is -0.672. The molecule has 0 heterocycles. The van der Waals surface area contributed by atoms with Crippen molar-refractivity contribution in [2.45, 2.75) is 26.7 Å². The molecule has 2 rings (SSSR count). The zero-order chi connectivity index (χ0) is 21.4. The Labute approximate surface area is 173 Å². The van der Waals surface area contributed by atoms with Gasteiger partial charge in [0.2, 0.25) is 5.91 Å². The SMILES string of the molecule is CC(=O)c1cccc(NC(=O)COC(=O)CCC(=O)Nc2ccc(C)c(Cl)c2)c1. The summed E-state index contributed by atoms with van der Waals surface area (Å²) < 4.78 is 4.87. The number of aryl methyl sites for hydroxylation is 1. The molecule has 0 saturated heterocycles. The first kappa shape index (κ1) is 22.1. The van der Waals surface area contributed by atoms with Crippen LogP contribution in [0.1, 0.15) is 35.7 Å². The standard InChI is InChI=1S/C21H21ClN2O5/c1-13-6-7-17(11-18(13)22)23-19(26)8-9-21(28)29-12-20(27)24-16-5-3-4-15(10-16)14(2)25/h3-7,10-11H,8-9,12H2,1-2H3,(H,23,26)(H,24,27). The zero-order valence-electron chi connectivity index (χ0n) is 16.1. The van der Waals surface area contributed by atoms with Crippen molar-refractivity contribution in [1.29, 1.82) is 0 Å². The number of rotatable bonds is 8. The molecule has 7 nitrogen and oxygen atoms in total. The van der Waals surface area contributed by atoms with E-state index in [0.29, 0.717) is 22.0 Å². The fourth-order valence-electron chi connectivity index (χ4n) is 2.34. The monoisotopic (exact) mass is 416 g/mol. The molecule has 0 radical (unpaired) electrons. The van der Waals surface area contributed by atoms with Crippen LogP contribution in [0.5, 0.6) is 0 Å². The Bertz CT molecular complexity index is 942. The summed E-state index contributed by atoms with van der Waals surface area (Å²) in [5.74, 6) is -1.71. The number of esters is 1. The summed E-state index contributed by atoms with van der Waals surface area (Å²) in [5.41, 5.74) is 2.31. The molecule has 0 unspecified atom stereocenters. The number of ether oxygens (including phenoxy) is 1. The maximum Gasteiger partial charge on any atom is 0.306 e. The first-order valence-corrected chi connectivity index (χ1v) is 9.25. The number of nitrogens with one attached hydrogen (secondary N) is 2. The van der Waals surface area contributed by atoms with Crippen LogP contribution in [0, 0.1) is 6.92 Å². The first-order chi connectivity index (χ1) is 13.7. The minimum Gasteiger partial charge on any atom is -0.456 e.